The summed E-state index contributed by atoms with van der Waals surface area (Å²) in [6, 6.07) is 30.4. The fraction of sp³-hybridized carbons (Fsp3) is 0. The van der Waals surface area contributed by atoms with Crippen molar-refractivity contribution >= 4 is 23.5 Å². The molecule has 1 heterocycles. The smallest absolute Gasteiger partial charge is 0.201 e. The van der Waals surface area contributed by atoms with Crippen LogP contribution in [0, 0.1) is 0 Å². The highest BCUT2D eigenvalue weighted by molar-refractivity contribution is 6.01. The molecule has 0 spiro atoms. The molecule has 1 aliphatic rings. The molecule has 1 aliphatic heterocycles. The number of anilines is 1. The number of nitrogens with one attached hydrogen (secondary N) is 1. The maximum absolute atomic E-state index is 4.74. The van der Waals surface area contributed by atoms with Crippen molar-refractivity contribution in [2.45, 2.75) is 0 Å². The topological polar surface area (TPSA) is 30.6 Å². The molecule has 0 fully saturated rings. The molecule has 3 aromatic carbocycles. The fourth-order valence-electron chi connectivity index (χ4n) is 2.55. The van der Waals surface area contributed by atoms with Gasteiger partial charge >= 0.3 is 0 Å². The molecule has 0 radical (unpaired) electrons. The van der Waals surface area contributed by atoms with Crippen LogP contribution >= 0.6 is 0 Å². The van der Waals surface area contributed by atoms with E-state index in [4.69, 9.17) is 5.10 Å². The number of benzene rings is 3. The van der Waals surface area contributed by atoms with Crippen LogP contribution in [0.5, 0.6) is 0 Å². The van der Waals surface area contributed by atoms with E-state index in [0.717, 1.165) is 22.8 Å². The van der Waals surface area contributed by atoms with E-state index in [0.29, 0.717) is 0 Å². The SMILES string of the molecule is C1=[N+](c2ccccc2)NC(c2ccccc2)=NN1c1ccccc1. The third-order valence-electron chi connectivity index (χ3n) is 3.76. The Hall–Kier alpha value is -3.40. The van der Waals surface area contributed by atoms with Gasteiger partial charge < -0.3 is 0 Å². The molecule has 0 aliphatic carbocycles. The number of hydrazine groups is 1. The quantitative estimate of drug-likeness (QED) is 0.747. The Labute approximate surface area is 141 Å². The van der Waals surface area contributed by atoms with Gasteiger partial charge in [0, 0.05) is 5.56 Å². The van der Waals surface area contributed by atoms with Crippen molar-refractivity contribution in [1.29, 1.82) is 0 Å². The second-order valence-corrected chi connectivity index (χ2v) is 5.43. The average molecular weight is 313 g/mol. The van der Waals surface area contributed by atoms with Crippen LogP contribution in [-0.4, -0.2) is 16.9 Å². The van der Waals surface area contributed by atoms with Crippen LogP contribution in [0.4, 0.5) is 11.4 Å². The normalized spacial score (nSPS) is 13.8. The van der Waals surface area contributed by atoms with Crippen LogP contribution in [0.3, 0.4) is 0 Å². The Bertz CT molecular complexity index is 816. The molecule has 4 heteroatoms. The van der Waals surface area contributed by atoms with Gasteiger partial charge in [0.05, 0.1) is 0 Å². The second kappa shape index (κ2) is 6.38. The molecule has 0 saturated heterocycles. The zero-order valence-corrected chi connectivity index (χ0v) is 13.1. The fourth-order valence-corrected chi connectivity index (χ4v) is 2.55. The minimum atomic E-state index is 0.797. The van der Waals surface area contributed by atoms with Crippen molar-refractivity contribution in [3.63, 3.8) is 0 Å². The predicted molar refractivity (Wildman–Crippen MR) is 97.5 cm³/mol. The lowest BCUT2D eigenvalue weighted by Crippen LogP contribution is -2.42. The first-order valence-corrected chi connectivity index (χ1v) is 7.84. The van der Waals surface area contributed by atoms with Crippen LogP contribution in [0.2, 0.25) is 0 Å². The summed E-state index contributed by atoms with van der Waals surface area (Å²) in [6.07, 6.45) is 1.94. The Balaban J connectivity index is 1.78. The summed E-state index contributed by atoms with van der Waals surface area (Å²) in [4.78, 5) is 0. The van der Waals surface area contributed by atoms with Crippen molar-refractivity contribution in [2.24, 2.45) is 5.10 Å². The van der Waals surface area contributed by atoms with E-state index in [1.165, 1.54) is 0 Å². The zero-order valence-electron chi connectivity index (χ0n) is 13.1. The summed E-state index contributed by atoms with van der Waals surface area (Å²) in [7, 11) is 0. The minimum Gasteiger partial charge on any atom is -0.201 e. The van der Waals surface area contributed by atoms with Gasteiger partial charge in [0.25, 0.3) is 6.34 Å². The van der Waals surface area contributed by atoms with E-state index in [2.05, 4.69) is 17.6 Å². The summed E-state index contributed by atoms with van der Waals surface area (Å²) >= 11 is 0. The van der Waals surface area contributed by atoms with E-state index >= 15 is 0 Å². The van der Waals surface area contributed by atoms with Gasteiger partial charge in [-0.05, 0) is 24.3 Å². The van der Waals surface area contributed by atoms with Gasteiger partial charge in [0.1, 0.15) is 0 Å². The van der Waals surface area contributed by atoms with Crippen molar-refractivity contribution < 1.29 is 4.68 Å². The average Bonchev–Trinajstić information content (AvgIpc) is 2.70. The molecule has 0 atom stereocenters. The van der Waals surface area contributed by atoms with Crippen molar-refractivity contribution in [3.05, 3.63) is 96.6 Å². The first kappa shape index (κ1) is 14.2. The van der Waals surface area contributed by atoms with Gasteiger partial charge in [-0.2, -0.15) is 0 Å². The lowest BCUT2D eigenvalue weighted by molar-refractivity contribution is -0.484. The van der Waals surface area contributed by atoms with Crippen LogP contribution in [0.1, 0.15) is 5.56 Å². The Morgan fingerprint density at radius 3 is 1.96 bits per heavy atom. The molecule has 0 amide bonds. The molecule has 0 bridgehead atoms. The first-order valence-electron chi connectivity index (χ1n) is 7.84. The lowest BCUT2D eigenvalue weighted by atomic mass is 10.2. The number of nitrogens with zero attached hydrogens (tertiary/aromatic N) is 3. The maximum atomic E-state index is 4.74. The molecule has 0 unspecified atom stereocenters. The number of amidine groups is 1. The van der Waals surface area contributed by atoms with Gasteiger partial charge in [-0.1, -0.05) is 76.8 Å². The van der Waals surface area contributed by atoms with Gasteiger partial charge in [-0.15, -0.1) is 4.68 Å². The van der Waals surface area contributed by atoms with Crippen molar-refractivity contribution in [3.8, 4) is 0 Å². The standard InChI is InChI=1S/C20H17N4/c1-4-10-17(11-5-1)20-21-23(18-12-6-2-7-13-18)16-24(22-20)19-14-8-3-9-15-19/h1-16H,(H,21,22)/q+1. The van der Waals surface area contributed by atoms with Crippen LogP contribution in [0.15, 0.2) is 96.1 Å². The van der Waals surface area contributed by atoms with Gasteiger partial charge in [0.15, 0.2) is 11.4 Å². The number of hydrogen-bond acceptors (Lipinski definition) is 3. The van der Waals surface area contributed by atoms with E-state index in [1.807, 2.05) is 94.9 Å². The largest absolute Gasteiger partial charge is 0.294 e. The Kier molecular flexibility index (Phi) is 3.78. The summed E-state index contributed by atoms with van der Waals surface area (Å²) in [6.45, 7) is 0. The Morgan fingerprint density at radius 2 is 1.29 bits per heavy atom. The van der Waals surface area contributed by atoms with Gasteiger partial charge in [-0.25, -0.2) is 5.43 Å². The van der Waals surface area contributed by atoms with Crippen LogP contribution < -0.4 is 10.4 Å². The molecule has 116 valence electrons. The maximum Gasteiger partial charge on any atom is 0.294 e. The molecule has 4 nitrogen and oxygen atoms in total. The highest BCUT2D eigenvalue weighted by Crippen LogP contribution is 2.17. The molecule has 3 aromatic rings. The third-order valence-corrected chi connectivity index (χ3v) is 3.76. The monoisotopic (exact) mass is 313 g/mol. The lowest BCUT2D eigenvalue weighted by Gasteiger charge is -2.19. The molecule has 24 heavy (non-hydrogen) atoms. The highest BCUT2D eigenvalue weighted by atomic mass is 15.6. The number of para-hydroxylation sites is 2. The van der Waals surface area contributed by atoms with Crippen molar-refractivity contribution in [2.75, 3.05) is 5.01 Å². The summed E-state index contributed by atoms with van der Waals surface area (Å²) < 4.78 is 1.97. The molecule has 1 N–H and O–H groups in total. The molecule has 0 aromatic heterocycles. The summed E-state index contributed by atoms with van der Waals surface area (Å²) in [5.74, 6) is 0.797. The molecular weight excluding hydrogens is 296 g/mol. The van der Waals surface area contributed by atoms with Crippen LogP contribution in [-0.2, 0) is 0 Å². The molecular formula is C20H17N4+. The van der Waals surface area contributed by atoms with Gasteiger partial charge in [-0.3, -0.25) is 0 Å². The van der Waals surface area contributed by atoms with E-state index in [-0.39, 0.29) is 0 Å². The first-order chi connectivity index (χ1) is 11.9. The highest BCUT2D eigenvalue weighted by Gasteiger charge is 2.23. The summed E-state index contributed by atoms with van der Waals surface area (Å²) in [5.41, 5.74) is 6.46. The predicted octanol–water partition coefficient (Wildman–Crippen LogP) is 3.75. The van der Waals surface area contributed by atoms with Gasteiger partial charge in [0.2, 0.25) is 5.84 Å². The minimum absolute atomic E-state index is 0.797. The van der Waals surface area contributed by atoms with E-state index in [1.54, 1.807) is 0 Å². The van der Waals surface area contributed by atoms with E-state index < -0.39 is 0 Å². The number of hydrazone groups is 2. The second-order valence-electron chi connectivity index (χ2n) is 5.43. The zero-order chi connectivity index (χ0) is 16.2. The molecule has 0 saturated carbocycles. The number of rotatable bonds is 3. The Morgan fingerprint density at radius 1 is 0.708 bits per heavy atom. The summed E-state index contributed by atoms with van der Waals surface area (Å²) in [5, 5.41) is 6.62. The van der Waals surface area contributed by atoms with E-state index in [9.17, 15) is 0 Å². The molecule has 4 rings (SSSR count). The third kappa shape index (κ3) is 2.90. The van der Waals surface area contributed by atoms with Crippen LogP contribution in [0.25, 0.3) is 0 Å². The number of hydrogen-bond donors (Lipinski definition) is 1. The van der Waals surface area contributed by atoms with Crippen molar-refractivity contribution in [1.82, 2.24) is 5.43 Å².